The summed E-state index contributed by atoms with van der Waals surface area (Å²) in [5, 5.41) is 2.70. The molecule has 1 aromatic rings. The largest absolute Gasteiger partial charge is 0.497 e. The molecule has 0 aliphatic carbocycles. The van der Waals surface area contributed by atoms with Gasteiger partial charge in [-0.05, 0) is 18.6 Å². The van der Waals surface area contributed by atoms with E-state index in [9.17, 15) is 9.59 Å². The zero-order valence-corrected chi connectivity index (χ0v) is 13.3. The summed E-state index contributed by atoms with van der Waals surface area (Å²) in [4.78, 5) is 23.5. The third kappa shape index (κ3) is 6.03. The first-order valence-corrected chi connectivity index (χ1v) is 7.27. The van der Waals surface area contributed by atoms with E-state index in [0.29, 0.717) is 18.0 Å². The first-order chi connectivity index (χ1) is 10.6. The standard InChI is InChI=1S/C16H23NO5/c1-4-5-6-7-17-15(18)11-22-16(19)12-8-13(20-2)10-14(9-12)21-3/h8-10H,4-7,11H2,1-3H3,(H,17,18). The number of rotatable bonds is 9. The van der Waals surface area contributed by atoms with E-state index in [0.717, 1.165) is 19.3 Å². The number of amides is 1. The molecule has 0 bridgehead atoms. The van der Waals surface area contributed by atoms with E-state index >= 15 is 0 Å². The smallest absolute Gasteiger partial charge is 0.338 e. The second-order valence-corrected chi connectivity index (χ2v) is 4.73. The van der Waals surface area contributed by atoms with Crippen molar-refractivity contribution < 1.29 is 23.8 Å². The number of carbonyl (C=O) groups is 2. The van der Waals surface area contributed by atoms with Gasteiger partial charge in [0.05, 0.1) is 19.8 Å². The van der Waals surface area contributed by atoms with E-state index in [4.69, 9.17) is 14.2 Å². The monoisotopic (exact) mass is 309 g/mol. The Morgan fingerprint density at radius 1 is 1.05 bits per heavy atom. The number of nitrogens with one attached hydrogen (secondary N) is 1. The molecule has 0 saturated carbocycles. The Bertz CT molecular complexity index is 479. The van der Waals surface area contributed by atoms with Gasteiger partial charge >= 0.3 is 5.97 Å². The van der Waals surface area contributed by atoms with Gasteiger partial charge in [-0.15, -0.1) is 0 Å². The molecule has 0 aliphatic rings. The van der Waals surface area contributed by atoms with Gasteiger partial charge in [0.2, 0.25) is 0 Å². The predicted molar refractivity (Wildman–Crippen MR) is 82.4 cm³/mol. The second kappa shape index (κ2) is 9.65. The summed E-state index contributed by atoms with van der Waals surface area (Å²) in [5.74, 6) is 0.0610. The lowest BCUT2D eigenvalue weighted by Gasteiger charge is -2.09. The van der Waals surface area contributed by atoms with Crippen LogP contribution in [0.25, 0.3) is 0 Å². The van der Waals surface area contributed by atoms with Crippen molar-refractivity contribution in [2.75, 3.05) is 27.4 Å². The molecule has 0 saturated heterocycles. The van der Waals surface area contributed by atoms with Crippen LogP contribution in [0.4, 0.5) is 0 Å². The van der Waals surface area contributed by atoms with Crippen molar-refractivity contribution in [2.24, 2.45) is 0 Å². The van der Waals surface area contributed by atoms with Crippen LogP contribution in [-0.2, 0) is 9.53 Å². The number of hydrogen-bond acceptors (Lipinski definition) is 5. The minimum Gasteiger partial charge on any atom is -0.497 e. The number of methoxy groups -OCH3 is 2. The third-order valence-corrected chi connectivity index (χ3v) is 3.02. The van der Waals surface area contributed by atoms with Crippen molar-refractivity contribution in [3.05, 3.63) is 23.8 Å². The van der Waals surface area contributed by atoms with Crippen molar-refractivity contribution in [1.82, 2.24) is 5.32 Å². The van der Waals surface area contributed by atoms with Crippen LogP contribution in [0, 0.1) is 0 Å². The zero-order chi connectivity index (χ0) is 16.4. The molecule has 6 heteroatoms. The molecule has 0 fully saturated rings. The van der Waals surface area contributed by atoms with E-state index in [1.54, 1.807) is 6.07 Å². The lowest BCUT2D eigenvalue weighted by atomic mass is 10.2. The molecule has 0 heterocycles. The number of esters is 1. The van der Waals surface area contributed by atoms with Crippen LogP contribution >= 0.6 is 0 Å². The quantitative estimate of drug-likeness (QED) is 0.559. The van der Waals surface area contributed by atoms with Crippen LogP contribution in [0.3, 0.4) is 0 Å². The van der Waals surface area contributed by atoms with E-state index in [1.165, 1.54) is 26.4 Å². The van der Waals surface area contributed by atoms with E-state index in [1.807, 2.05) is 0 Å². The summed E-state index contributed by atoms with van der Waals surface area (Å²) in [7, 11) is 2.99. The van der Waals surface area contributed by atoms with Crippen LogP contribution in [0.5, 0.6) is 11.5 Å². The van der Waals surface area contributed by atoms with Gasteiger partial charge in [-0.25, -0.2) is 4.79 Å². The summed E-state index contributed by atoms with van der Waals surface area (Å²) in [6, 6.07) is 4.71. The van der Waals surface area contributed by atoms with Crippen LogP contribution in [0.2, 0.25) is 0 Å². The molecule has 0 atom stereocenters. The number of carbonyl (C=O) groups excluding carboxylic acids is 2. The first-order valence-electron chi connectivity index (χ1n) is 7.27. The van der Waals surface area contributed by atoms with Gasteiger partial charge in [-0.2, -0.15) is 0 Å². The maximum Gasteiger partial charge on any atom is 0.338 e. The van der Waals surface area contributed by atoms with Gasteiger partial charge in [0.1, 0.15) is 11.5 Å². The lowest BCUT2D eigenvalue weighted by molar-refractivity contribution is -0.124. The van der Waals surface area contributed by atoms with E-state index < -0.39 is 5.97 Å². The van der Waals surface area contributed by atoms with Crippen LogP contribution in [0.15, 0.2) is 18.2 Å². The number of hydrogen-bond donors (Lipinski definition) is 1. The summed E-state index contributed by atoms with van der Waals surface area (Å²) in [6.45, 7) is 2.38. The molecule has 1 rings (SSSR count). The Morgan fingerprint density at radius 3 is 2.23 bits per heavy atom. The van der Waals surface area contributed by atoms with Crippen molar-refractivity contribution in [2.45, 2.75) is 26.2 Å². The lowest BCUT2D eigenvalue weighted by Crippen LogP contribution is -2.29. The minimum absolute atomic E-state index is 0.273. The summed E-state index contributed by atoms with van der Waals surface area (Å²) in [5.41, 5.74) is 0.273. The Labute approximate surface area is 130 Å². The van der Waals surface area contributed by atoms with Gasteiger partial charge in [0.15, 0.2) is 6.61 Å². The van der Waals surface area contributed by atoms with Crippen molar-refractivity contribution in [3.63, 3.8) is 0 Å². The molecule has 1 aromatic carbocycles. The molecule has 0 radical (unpaired) electrons. The van der Waals surface area contributed by atoms with Crippen LogP contribution in [-0.4, -0.2) is 39.2 Å². The average molecular weight is 309 g/mol. The molecule has 0 aromatic heterocycles. The molecular formula is C16H23NO5. The van der Waals surface area contributed by atoms with Crippen molar-refractivity contribution in [1.29, 1.82) is 0 Å². The fraction of sp³-hybridized carbons (Fsp3) is 0.500. The molecular weight excluding hydrogens is 286 g/mol. The number of ether oxygens (including phenoxy) is 3. The highest BCUT2D eigenvalue weighted by atomic mass is 16.5. The number of benzene rings is 1. The fourth-order valence-corrected chi connectivity index (χ4v) is 1.79. The molecule has 0 unspecified atom stereocenters. The third-order valence-electron chi connectivity index (χ3n) is 3.02. The molecule has 0 spiro atoms. The van der Waals surface area contributed by atoms with Crippen molar-refractivity contribution >= 4 is 11.9 Å². The fourth-order valence-electron chi connectivity index (χ4n) is 1.79. The maximum atomic E-state index is 11.9. The van der Waals surface area contributed by atoms with Gasteiger partial charge in [0.25, 0.3) is 5.91 Å². The summed E-state index contributed by atoms with van der Waals surface area (Å²) < 4.78 is 15.1. The SMILES string of the molecule is CCCCCNC(=O)COC(=O)c1cc(OC)cc(OC)c1. The predicted octanol–water partition coefficient (Wildman–Crippen LogP) is 2.17. The Kier molecular flexibility index (Phi) is 7.81. The minimum atomic E-state index is -0.596. The Hall–Kier alpha value is -2.24. The van der Waals surface area contributed by atoms with Gasteiger partial charge in [-0.1, -0.05) is 19.8 Å². The first kappa shape index (κ1) is 17.8. The molecule has 0 aliphatic heterocycles. The highest BCUT2D eigenvalue weighted by Crippen LogP contribution is 2.22. The molecule has 6 nitrogen and oxygen atoms in total. The summed E-state index contributed by atoms with van der Waals surface area (Å²) >= 11 is 0. The van der Waals surface area contributed by atoms with E-state index in [-0.39, 0.29) is 18.1 Å². The van der Waals surface area contributed by atoms with Crippen LogP contribution < -0.4 is 14.8 Å². The molecule has 1 amide bonds. The maximum absolute atomic E-state index is 11.9. The highest BCUT2D eigenvalue weighted by molar-refractivity contribution is 5.92. The van der Waals surface area contributed by atoms with Gasteiger partial charge in [0, 0.05) is 12.6 Å². The van der Waals surface area contributed by atoms with E-state index in [2.05, 4.69) is 12.2 Å². The molecule has 122 valence electrons. The van der Waals surface area contributed by atoms with Crippen LogP contribution in [0.1, 0.15) is 36.5 Å². The highest BCUT2D eigenvalue weighted by Gasteiger charge is 2.13. The second-order valence-electron chi connectivity index (χ2n) is 4.73. The average Bonchev–Trinajstić information content (AvgIpc) is 2.55. The van der Waals surface area contributed by atoms with Gasteiger partial charge < -0.3 is 19.5 Å². The zero-order valence-electron chi connectivity index (χ0n) is 13.3. The number of unbranched alkanes of at least 4 members (excludes halogenated alkanes) is 2. The normalized spacial score (nSPS) is 9.95. The Morgan fingerprint density at radius 2 is 1.68 bits per heavy atom. The molecule has 1 N–H and O–H groups in total. The molecule has 22 heavy (non-hydrogen) atoms. The van der Waals surface area contributed by atoms with Gasteiger partial charge in [-0.3, -0.25) is 4.79 Å². The van der Waals surface area contributed by atoms with Crippen molar-refractivity contribution in [3.8, 4) is 11.5 Å². The Balaban J connectivity index is 2.49. The summed E-state index contributed by atoms with van der Waals surface area (Å²) in [6.07, 6.45) is 3.06. The topological polar surface area (TPSA) is 73.9 Å².